The molecule has 0 N–H and O–H groups in total. The number of aromatic nitrogens is 4. The van der Waals surface area contributed by atoms with Crippen molar-refractivity contribution in [2.24, 2.45) is 0 Å². The second kappa shape index (κ2) is 7.78. The predicted octanol–water partition coefficient (Wildman–Crippen LogP) is 5.29. The van der Waals surface area contributed by atoms with Crippen molar-refractivity contribution < 1.29 is 20.1 Å². The van der Waals surface area contributed by atoms with E-state index in [4.69, 9.17) is 0 Å². The van der Waals surface area contributed by atoms with E-state index in [1.54, 1.807) is 0 Å². The van der Waals surface area contributed by atoms with Gasteiger partial charge in [0.1, 0.15) is 0 Å². The molecule has 4 nitrogen and oxygen atoms in total. The number of benzene rings is 3. The number of fused-ring (bicyclic) bond motifs is 1. The Morgan fingerprint density at radius 3 is 2.38 bits per heavy atom. The molecule has 29 heavy (non-hydrogen) atoms. The van der Waals surface area contributed by atoms with Crippen LogP contribution in [-0.2, 0) is 20.1 Å². The zero-order chi connectivity index (χ0) is 19.1. The van der Waals surface area contributed by atoms with E-state index in [0.29, 0.717) is 0 Å². The molecule has 0 aliphatic heterocycles. The first kappa shape index (κ1) is 19.3. The molecule has 0 amide bonds. The average molecular weight is 556 g/mol. The molecule has 3 aromatic carbocycles. The van der Waals surface area contributed by atoms with Gasteiger partial charge in [0.2, 0.25) is 0 Å². The fraction of sp³-hybridized carbons (Fsp3) is 0.0833. The van der Waals surface area contributed by atoms with Crippen LogP contribution in [0, 0.1) is 19.9 Å². The molecule has 0 unspecified atom stereocenters. The predicted molar refractivity (Wildman–Crippen MR) is 112 cm³/mol. The minimum Gasteiger partial charge on any atom is -0.340 e. The summed E-state index contributed by atoms with van der Waals surface area (Å²) in [6, 6.07) is 24.0. The second-order valence-electron chi connectivity index (χ2n) is 6.93. The van der Waals surface area contributed by atoms with Crippen molar-refractivity contribution >= 4 is 11.0 Å². The minimum absolute atomic E-state index is 0. The number of hydrogen-bond acceptors (Lipinski definition) is 2. The van der Waals surface area contributed by atoms with E-state index in [-0.39, 0.29) is 20.1 Å². The van der Waals surface area contributed by atoms with Crippen LogP contribution in [0.2, 0.25) is 0 Å². The Morgan fingerprint density at radius 2 is 1.62 bits per heavy atom. The topological polar surface area (TPSA) is 35.6 Å². The molecule has 0 spiro atoms. The monoisotopic (exact) mass is 556 g/mol. The fourth-order valence-corrected chi connectivity index (χ4v) is 3.74. The summed E-state index contributed by atoms with van der Waals surface area (Å²) in [6.07, 6.45) is 5.70. The van der Waals surface area contributed by atoms with Gasteiger partial charge in [-0.1, -0.05) is 36.4 Å². The van der Waals surface area contributed by atoms with Gasteiger partial charge in [0.05, 0.1) is 12.2 Å². The van der Waals surface area contributed by atoms with Crippen molar-refractivity contribution in [1.29, 1.82) is 0 Å². The summed E-state index contributed by atoms with van der Waals surface area (Å²) in [5.74, 6) is 0.869. The molecule has 2 heterocycles. The van der Waals surface area contributed by atoms with Crippen LogP contribution in [0.15, 0.2) is 79.4 Å². The van der Waals surface area contributed by atoms with Gasteiger partial charge in [-0.2, -0.15) is 0 Å². The summed E-state index contributed by atoms with van der Waals surface area (Å²) in [6.45, 7) is 4.25. The summed E-state index contributed by atoms with van der Waals surface area (Å²) < 4.78 is 4.21. The van der Waals surface area contributed by atoms with Crippen molar-refractivity contribution in [3.8, 4) is 22.8 Å². The van der Waals surface area contributed by atoms with Gasteiger partial charge >= 0.3 is 0 Å². The Kier molecular flexibility index (Phi) is 5.18. The van der Waals surface area contributed by atoms with Crippen molar-refractivity contribution in [3.05, 3.63) is 96.6 Å². The quantitative estimate of drug-likeness (QED) is 0.284. The maximum Gasteiger partial charge on any atom is 0.0899 e. The van der Waals surface area contributed by atoms with Crippen LogP contribution in [0.25, 0.3) is 33.8 Å². The first-order valence-electron chi connectivity index (χ1n) is 9.27. The average Bonchev–Trinajstić information content (AvgIpc) is 3.35. The van der Waals surface area contributed by atoms with E-state index < -0.39 is 0 Å². The van der Waals surface area contributed by atoms with Crippen LogP contribution in [0.5, 0.6) is 0 Å². The second-order valence-corrected chi connectivity index (χ2v) is 6.93. The molecular weight excluding hydrogens is 537 g/mol. The Hall–Kier alpha value is -3.01. The van der Waals surface area contributed by atoms with Crippen molar-refractivity contribution in [2.45, 2.75) is 13.8 Å². The molecule has 1 radical (unpaired) electrons. The van der Waals surface area contributed by atoms with Crippen LogP contribution in [0.3, 0.4) is 0 Å². The third-order valence-corrected chi connectivity index (χ3v) is 5.08. The smallest absolute Gasteiger partial charge is 0.0899 e. The number of para-hydroxylation sites is 2. The van der Waals surface area contributed by atoms with Crippen molar-refractivity contribution in [3.63, 3.8) is 0 Å². The van der Waals surface area contributed by atoms with Gasteiger partial charge < -0.3 is 9.13 Å². The first-order chi connectivity index (χ1) is 13.7. The maximum atomic E-state index is 4.61. The third kappa shape index (κ3) is 3.33. The maximum absolute atomic E-state index is 4.61. The first-order valence-corrected chi connectivity index (χ1v) is 9.27. The number of rotatable bonds is 3. The van der Waals surface area contributed by atoms with Gasteiger partial charge in [-0.15, -0.1) is 23.8 Å². The number of imidazole rings is 2. The summed E-state index contributed by atoms with van der Waals surface area (Å²) in [4.78, 5) is 9.22. The van der Waals surface area contributed by atoms with Gasteiger partial charge in [-0.25, -0.2) is 0 Å². The summed E-state index contributed by atoms with van der Waals surface area (Å²) >= 11 is 0. The van der Waals surface area contributed by atoms with Gasteiger partial charge in [-0.3, -0.25) is 9.97 Å². The molecule has 0 fully saturated rings. The molecule has 5 heteroatoms. The Labute approximate surface area is 183 Å². The Bertz CT molecular complexity index is 1260. The molecule has 0 aliphatic carbocycles. The molecule has 0 atom stereocenters. The van der Waals surface area contributed by atoms with Gasteiger partial charge in [0, 0.05) is 49.4 Å². The molecule has 0 saturated carbocycles. The standard InChI is InChI=1S/C24H19N4.Ir/c1-17-7-6-8-18(2)23(17)27-14-13-25-24(27)19-11-12-22-21(15-19)26-16-28(22)20-9-4-3-5-10-20;/h3-10,12-16H,1-2H3;/q-1;. The van der Waals surface area contributed by atoms with E-state index in [9.17, 15) is 0 Å². The molecule has 0 saturated heterocycles. The summed E-state index contributed by atoms with van der Waals surface area (Å²) in [5, 5.41) is 0. The molecule has 2 aromatic heterocycles. The Balaban J connectivity index is 0.00000205. The summed E-state index contributed by atoms with van der Waals surface area (Å²) in [7, 11) is 0. The van der Waals surface area contributed by atoms with Crippen LogP contribution < -0.4 is 0 Å². The number of aryl methyl sites for hydroxylation is 2. The zero-order valence-corrected chi connectivity index (χ0v) is 18.5. The van der Waals surface area contributed by atoms with Gasteiger partial charge in [-0.05, 0) is 42.6 Å². The van der Waals surface area contributed by atoms with E-state index >= 15 is 0 Å². The molecule has 5 aromatic rings. The van der Waals surface area contributed by atoms with E-state index in [2.05, 4.69) is 75.4 Å². The number of nitrogens with zero attached hydrogens (tertiary/aromatic N) is 4. The zero-order valence-electron chi connectivity index (χ0n) is 16.1. The van der Waals surface area contributed by atoms with Crippen molar-refractivity contribution in [2.75, 3.05) is 0 Å². The van der Waals surface area contributed by atoms with E-state index in [1.165, 1.54) is 16.8 Å². The van der Waals surface area contributed by atoms with Crippen LogP contribution >= 0.6 is 0 Å². The third-order valence-electron chi connectivity index (χ3n) is 5.08. The molecule has 0 aliphatic rings. The Morgan fingerprint density at radius 1 is 0.862 bits per heavy atom. The van der Waals surface area contributed by atoms with Crippen LogP contribution in [0.4, 0.5) is 0 Å². The normalized spacial score (nSPS) is 10.8. The molecule has 145 valence electrons. The van der Waals surface area contributed by atoms with Crippen LogP contribution in [-0.4, -0.2) is 19.1 Å². The van der Waals surface area contributed by atoms with Gasteiger partial charge in [0.15, 0.2) is 0 Å². The van der Waals surface area contributed by atoms with Gasteiger partial charge in [0.25, 0.3) is 0 Å². The SMILES string of the molecule is Cc1cccc(C)c1-n1ccnc1-c1[c-]cc2c(c1)ncn2-c1ccccc1.[Ir]. The molecule has 5 rings (SSSR count). The largest absolute Gasteiger partial charge is 0.340 e. The molecule has 0 bridgehead atoms. The van der Waals surface area contributed by atoms with E-state index in [0.717, 1.165) is 28.1 Å². The van der Waals surface area contributed by atoms with E-state index in [1.807, 2.05) is 43.0 Å². The van der Waals surface area contributed by atoms with Crippen LogP contribution in [0.1, 0.15) is 11.1 Å². The number of hydrogen-bond donors (Lipinski definition) is 0. The fourth-order valence-electron chi connectivity index (χ4n) is 3.74. The van der Waals surface area contributed by atoms with Crippen molar-refractivity contribution in [1.82, 2.24) is 19.1 Å². The molecular formula is C24H19IrN4-. The summed E-state index contributed by atoms with van der Waals surface area (Å²) in [5.41, 5.74) is 7.57. The minimum atomic E-state index is 0.